The Labute approximate surface area is 115 Å². The van der Waals surface area contributed by atoms with Crippen molar-refractivity contribution in [1.82, 2.24) is 0 Å². The first kappa shape index (κ1) is 14.3. The molecule has 20 heavy (non-hydrogen) atoms. The average Bonchev–Trinajstić information content (AvgIpc) is 3.22. The number of rotatable bonds is 8. The molecule has 0 atom stereocenters. The molecule has 1 fully saturated rings. The van der Waals surface area contributed by atoms with Gasteiger partial charge in [-0.05, 0) is 30.9 Å². The number of carboxylic acid groups (broad SMARTS) is 1. The molecule has 1 aliphatic rings. The SMILES string of the molecule is O=C(O)c1ccc([N+](=O)[O-])c(NCCOCC2CC2)c1. The molecular weight excluding hydrogens is 264 g/mol. The van der Waals surface area contributed by atoms with E-state index in [0.29, 0.717) is 19.1 Å². The van der Waals surface area contributed by atoms with Crippen LogP contribution in [-0.4, -0.2) is 35.8 Å². The Hall–Kier alpha value is -2.15. The Morgan fingerprint density at radius 2 is 2.25 bits per heavy atom. The van der Waals surface area contributed by atoms with Crippen LogP contribution in [0.1, 0.15) is 23.2 Å². The van der Waals surface area contributed by atoms with Crippen LogP contribution in [0.4, 0.5) is 11.4 Å². The van der Waals surface area contributed by atoms with E-state index in [1.54, 1.807) is 0 Å². The predicted octanol–water partition coefficient (Wildman–Crippen LogP) is 2.13. The number of carbonyl (C=O) groups is 1. The molecule has 7 nitrogen and oxygen atoms in total. The first-order valence-corrected chi connectivity index (χ1v) is 6.41. The van der Waals surface area contributed by atoms with Crippen molar-refractivity contribution >= 4 is 17.3 Å². The van der Waals surface area contributed by atoms with Gasteiger partial charge in [-0.1, -0.05) is 0 Å². The molecule has 2 N–H and O–H groups in total. The number of hydrogen-bond donors (Lipinski definition) is 2. The number of carboxylic acids is 1. The summed E-state index contributed by atoms with van der Waals surface area (Å²) in [5, 5.41) is 22.6. The third-order valence-corrected chi connectivity index (χ3v) is 3.05. The predicted molar refractivity (Wildman–Crippen MR) is 72.1 cm³/mol. The maximum Gasteiger partial charge on any atom is 0.335 e. The molecule has 0 bridgehead atoms. The number of benzene rings is 1. The Kier molecular flexibility index (Phi) is 4.52. The van der Waals surface area contributed by atoms with Gasteiger partial charge in [-0.15, -0.1) is 0 Å². The van der Waals surface area contributed by atoms with Gasteiger partial charge in [0.1, 0.15) is 5.69 Å². The van der Waals surface area contributed by atoms with Gasteiger partial charge in [0.15, 0.2) is 0 Å². The fourth-order valence-electron chi connectivity index (χ4n) is 1.76. The number of nitro groups is 1. The quantitative estimate of drug-likeness (QED) is 0.429. The molecule has 0 heterocycles. The Bertz CT molecular complexity index is 513. The van der Waals surface area contributed by atoms with Crippen LogP contribution >= 0.6 is 0 Å². The molecule has 1 aromatic rings. The Balaban J connectivity index is 1.93. The second-order valence-electron chi connectivity index (χ2n) is 4.74. The topological polar surface area (TPSA) is 102 Å². The minimum atomic E-state index is -1.12. The van der Waals surface area contributed by atoms with Gasteiger partial charge in [-0.2, -0.15) is 0 Å². The average molecular weight is 280 g/mol. The highest BCUT2D eigenvalue weighted by atomic mass is 16.6. The van der Waals surface area contributed by atoms with Crippen molar-refractivity contribution in [3.8, 4) is 0 Å². The first-order chi connectivity index (χ1) is 9.58. The van der Waals surface area contributed by atoms with Gasteiger partial charge in [-0.25, -0.2) is 4.79 Å². The van der Waals surface area contributed by atoms with Crippen molar-refractivity contribution in [2.24, 2.45) is 5.92 Å². The summed E-state index contributed by atoms with van der Waals surface area (Å²) in [7, 11) is 0. The number of nitrogens with one attached hydrogen (secondary N) is 1. The van der Waals surface area contributed by atoms with E-state index in [2.05, 4.69) is 5.32 Å². The summed E-state index contributed by atoms with van der Waals surface area (Å²) >= 11 is 0. The maximum absolute atomic E-state index is 10.9. The standard InChI is InChI=1S/C13H16N2O5/c16-13(17)10-3-4-12(15(18)19)11(7-10)14-5-6-20-8-9-1-2-9/h3-4,7,9,14H,1-2,5-6,8H2,(H,16,17). The number of ether oxygens (including phenoxy) is 1. The Morgan fingerprint density at radius 3 is 2.85 bits per heavy atom. The van der Waals surface area contributed by atoms with Crippen molar-refractivity contribution in [1.29, 1.82) is 0 Å². The highest BCUT2D eigenvalue weighted by Crippen LogP contribution is 2.29. The van der Waals surface area contributed by atoms with Crippen LogP contribution in [0.2, 0.25) is 0 Å². The molecule has 1 aliphatic carbocycles. The summed E-state index contributed by atoms with van der Waals surface area (Å²) in [6.07, 6.45) is 2.42. The zero-order valence-corrected chi connectivity index (χ0v) is 10.9. The second-order valence-corrected chi connectivity index (χ2v) is 4.74. The van der Waals surface area contributed by atoms with Crippen LogP contribution in [0.25, 0.3) is 0 Å². The zero-order valence-electron chi connectivity index (χ0n) is 10.9. The van der Waals surface area contributed by atoms with Crippen molar-refractivity contribution in [3.63, 3.8) is 0 Å². The smallest absolute Gasteiger partial charge is 0.335 e. The van der Waals surface area contributed by atoms with Crippen LogP contribution in [0.3, 0.4) is 0 Å². The van der Waals surface area contributed by atoms with Crippen molar-refractivity contribution < 1.29 is 19.6 Å². The van der Waals surface area contributed by atoms with Crippen molar-refractivity contribution in [3.05, 3.63) is 33.9 Å². The molecule has 1 saturated carbocycles. The normalized spacial score (nSPS) is 14.0. The largest absolute Gasteiger partial charge is 0.478 e. The molecule has 7 heteroatoms. The van der Waals surface area contributed by atoms with Crippen LogP contribution in [0.5, 0.6) is 0 Å². The fraction of sp³-hybridized carbons (Fsp3) is 0.462. The highest BCUT2D eigenvalue weighted by Gasteiger charge is 2.21. The van der Waals surface area contributed by atoms with Crippen molar-refractivity contribution in [2.75, 3.05) is 25.1 Å². The van der Waals surface area contributed by atoms with Crippen LogP contribution in [0.15, 0.2) is 18.2 Å². The van der Waals surface area contributed by atoms with E-state index in [-0.39, 0.29) is 16.9 Å². The summed E-state index contributed by atoms with van der Waals surface area (Å²) < 4.78 is 5.41. The first-order valence-electron chi connectivity index (χ1n) is 6.41. The van der Waals surface area contributed by atoms with Gasteiger partial charge in [-0.3, -0.25) is 10.1 Å². The molecule has 0 aliphatic heterocycles. The molecule has 1 aromatic carbocycles. The summed E-state index contributed by atoms with van der Waals surface area (Å²) in [6, 6.07) is 3.67. The maximum atomic E-state index is 10.9. The number of anilines is 1. The lowest BCUT2D eigenvalue weighted by molar-refractivity contribution is -0.384. The Morgan fingerprint density at radius 1 is 1.50 bits per heavy atom. The van der Waals surface area contributed by atoms with E-state index in [1.165, 1.54) is 31.0 Å². The molecule has 108 valence electrons. The molecule has 0 spiro atoms. The molecule has 0 amide bonds. The van der Waals surface area contributed by atoms with E-state index in [0.717, 1.165) is 6.61 Å². The minimum absolute atomic E-state index is 0.0111. The van der Waals surface area contributed by atoms with Gasteiger partial charge < -0.3 is 15.2 Å². The summed E-state index contributed by atoms with van der Waals surface area (Å²) in [4.78, 5) is 21.2. The monoisotopic (exact) mass is 280 g/mol. The van der Waals surface area contributed by atoms with E-state index in [9.17, 15) is 14.9 Å². The van der Waals surface area contributed by atoms with Crippen LogP contribution in [0, 0.1) is 16.0 Å². The number of nitrogens with zero attached hydrogens (tertiary/aromatic N) is 1. The second kappa shape index (κ2) is 6.33. The molecule has 0 saturated heterocycles. The van der Waals surface area contributed by atoms with Gasteiger partial charge in [0.05, 0.1) is 17.1 Å². The van der Waals surface area contributed by atoms with E-state index in [4.69, 9.17) is 9.84 Å². The number of nitro benzene ring substituents is 1. The fourth-order valence-corrected chi connectivity index (χ4v) is 1.76. The lowest BCUT2D eigenvalue weighted by atomic mass is 10.1. The number of hydrogen-bond acceptors (Lipinski definition) is 5. The van der Waals surface area contributed by atoms with Gasteiger partial charge >= 0.3 is 5.97 Å². The van der Waals surface area contributed by atoms with Crippen LogP contribution < -0.4 is 5.32 Å². The van der Waals surface area contributed by atoms with Crippen molar-refractivity contribution in [2.45, 2.75) is 12.8 Å². The lowest BCUT2D eigenvalue weighted by Gasteiger charge is -2.08. The van der Waals surface area contributed by atoms with Gasteiger partial charge in [0.25, 0.3) is 5.69 Å². The molecule has 2 rings (SSSR count). The summed E-state index contributed by atoms with van der Waals surface area (Å²) in [5.41, 5.74) is 0.0686. The lowest BCUT2D eigenvalue weighted by Crippen LogP contribution is -2.12. The summed E-state index contributed by atoms with van der Waals surface area (Å²) in [6.45, 7) is 1.56. The van der Waals surface area contributed by atoms with Crippen LogP contribution in [-0.2, 0) is 4.74 Å². The third kappa shape index (κ3) is 3.92. The van der Waals surface area contributed by atoms with E-state index in [1.807, 2.05) is 0 Å². The molecule has 0 aromatic heterocycles. The van der Waals surface area contributed by atoms with Gasteiger partial charge in [0, 0.05) is 19.2 Å². The zero-order chi connectivity index (χ0) is 14.5. The highest BCUT2D eigenvalue weighted by molar-refractivity contribution is 5.90. The van der Waals surface area contributed by atoms with Gasteiger partial charge in [0.2, 0.25) is 0 Å². The molecule has 0 unspecified atom stereocenters. The molecule has 0 radical (unpaired) electrons. The molecular formula is C13H16N2O5. The summed E-state index contributed by atoms with van der Waals surface area (Å²) in [5.74, 6) is -0.451. The number of aromatic carboxylic acids is 1. The van der Waals surface area contributed by atoms with E-state index < -0.39 is 10.9 Å². The minimum Gasteiger partial charge on any atom is -0.478 e. The third-order valence-electron chi connectivity index (χ3n) is 3.05. The van der Waals surface area contributed by atoms with E-state index >= 15 is 0 Å².